The Morgan fingerprint density at radius 3 is 1.60 bits per heavy atom. The summed E-state index contributed by atoms with van der Waals surface area (Å²) in [6.07, 6.45) is 0. The Labute approximate surface area is 310 Å². The second-order valence-electron chi connectivity index (χ2n) is 14.6. The molecule has 0 aliphatic heterocycles. The van der Waals surface area contributed by atoms with E-state index in [2.05, 4.69) is 184 Å². The van der Waals surface area contributed by atoms with Gasteiger partial charge in [0.1, 0.15) is 0 Å². The molecule has 0 spiro atoms. The van der Waals surface area contributed by atoms with E-state index in [1.165, 1.54) is 66.1 Å². The number of fused-ring (bicyclic) bond motifs is 5. The molecule has 2 nitrogen and oxygen atoms in total. The number of rotatable bonds is 5. The molecule has 8 aromatic carbocycles. The van der Waals surface area contributed by atoms with Crippen LogP contribution in [0.4, 0.5) is 0 Å². The standard InChI is InChI=1S/C51H36N2/c1-51(2)46-31-38-19-10-9-18-37(38)30-45(46)44-23-13-22-43(49(44)51)41-28-29-42(40-21-12-11-20-39(40)41)48-32-47(35-16-7-4-8-17-35)52-50(53-48)36-26-24-34(25-27-36)33-14-5-3-6-15-33/h3-32H,1-2H3. The molecular formula is C51H36N2. The fourth-order valence-electron chi connectivity index (χ4n) is 8.46. The van der Waals surface area contributed by atoms with Gasteiger partial charge in [-0.25, -0.2) is 9.97 Å². The zero-order chi connectivity index (χ0) is 35.5. The Hall–Kier alpha value is -6.64. The van der Waals surface area contributed by atoms with Crippen LogP contribution in [0.3, 0.4) is 0 Å². The van der Waals surface area contributed by atoms with Crippen LogP contribution in [0.2, 0.25) is 0 Å². The summed E-state index contributed by atoms with van der Waals surface area (Å²) in [4.78, 5) is 10.4. The molecular weight excluding hydrogens is 641 g/mol. The number of nitrogens with zero attached hydrogens (tertiary/aromatic N) is 2. The van der Waals surface area contributed by atoms with E-state index in [4.69, 9.17) is 9.97 Å². The summed E-state index contributed by atoms with van der Waals surface area (Å²) in [5, 5.41) is 4.95. The van der Waals surface area contributed by atoms with Crippen molar-refractivity contribution in [1.82, 2.24) is 9.97 Å². The Bertz CT molecular complexity index is 2830. The van der Waals surface area contributed by atoms with Crippen molar-refractivity contribution in [2.45, 2.75) is 19.3 Å². The maximum atomic E-state index is 5.28. The zero-order valence-electron chi connectivity index (χ0n) is 29.7. The first-order valence-corrected chi connectivity index (χ1v) is 18.3. The van der Waals surface area contributed by atoms with Gasteiger partial charge in [0, 0.05) is 22.1 Å². The molecule has 0 saturated heterocycles. The first-order chi connectivity index (χ1) is 26.0. The second kappa shape index (κ2) is 12.3. The summed E-state index contributed by atoms with van der Waals surface area (Å²) in [5.41, 5.74) is 15.1. The molecule has 9 aromatic rings. The van der Waals surface area contributed by atoms with E-state index in [-0.39, 0.29) is 5.41 Å². The van der Waals surface area contributed by atoms with Gasteiger partial charge in [0.25, 0.3) is 0 Å². The van der Waals surface area contributed by atoms with Crippen molar-refractivity contribution >= 4 is 21.5 Å². The zero-order valence-corrected chi connectivity index (χ0v) is 29.7. The largest absolute Gasteiger partial charge is 0.228 e. The Kier molecular flexibility index (Phi) is 7.19. The average Bonchev–Trinajstić information content (AvgIpc) is 3.45. The van der Waals surface area contributed by atoms with Gasteiger partial charge < -0.3 is 0 Å². The van der Waals surface area contributed by atoms with Crippen LogP contribution in [0.1, 0.15) is 25.0 Å². The van der Waals surface area contributed by atoms with Crippen molar-refractivity contribution in [3.05, 3.63) is 193 Å². The van der Waals surface area contributed by atoms with Crippen molar-refractivity contribution < 1.29 is 0 Å². The van der Waals surface area contributed by atoms with Crippen molar-refractivity contribution in [1.29, 1.82) is 0 Å². The molecule has 0 amide bonds. The van der Waals surface area contributed by atoms with Crippen LogP contribution in [0, 0.1) is 0 Å². The van der Waals surface area contributed by atoms with Gasteiger partial charge in [0.15, 0.2) is 5.82 Å². The SMILES string of the molecule is CC1(C)c2cc3ccccc3cc2-c2cccc(-c3ccc(-c4cc(-c5ccccc5)nc(-c5ccc(-c6ccccc6)cc5)n4)c4ccccc34)c21. The molecule has 250 valence electrons. The van der Waals surface area contributed by atoms with Crippen LogP contribution in [0.5, 0.6) is 0 Å². The monoisotopic (exact) mass is 676 g/mol. The van der Waals surface area contributed by atoms with Crippen LogP contribution < -0.4 is 0 Å². The molecule has 1 heterocycles. The fraction of sp³-hybridized carbons (Fsp3) is 0.0588. The molecule has 0 atom stereocenters. The molecule has 1 aliphatic carbocycles. The van der Waals surface area contributed by atoms with Gasteiger partial charge in [-0.1, -0.05) is 178 Å². The highest BCUT2D eigenvalue weighted by molar-refractivity contribution is 6.07. The summed E-state index contributed by atoms with van der Waals surface area (Å²) in [7, 11) is 0. The van der Waals surface area contributed by atoms with E-state index in [0.29, 0.717) is 5.82 Å². The molecule has 0 bridgehead atoms. The molecule has 0 fully saturated rings. The molecule has 1 aromatic heterocycles. The number of hydrogen-bond donors (Lipinski definition) is 0. The number of benzene rings is 8. The lowest BCUT2D eigenvalue weighted by atomic mass is 9.78. The van der Waals surface area contributed by atoms with Crippen LogP contribution in [0.25, 0.3) is 88.8 Å². The molecule has 0 N–H and O–H groups in total. The van der Waals surface area contributed by atoms with Crippen LogP contribution in [0.15, 0.2) is 182 Å². The van der Waals surface area contributed by atoms with Crippen molar-refractivity contribution in [2.75, 3.05) is 0 Å². The highest BCUT2D eigenvalue weighted by atomic mass is 14.9. The second-order valence-corrected chi connectivity index (χ2v) is 14.6. The summed E-state index contributed by atoms with van der Waals surface area (Å²) in [5.74, 6) is 0.710. The lowest BCUT2D eigenvalue weighted by molar-refractivity contribution is 0.663. The first kappa shape index (κ1) is 31.1. The quantitative estimate of drug-likeness (QED) is 0.181. The topological polar surface area (TPSA) is 25.8 Å². The van der Waals surface area contributed by atoms with E-state index in [1.54, 1.807) is 0 Å². The van der Waals surface area contributed by atoms with Crippen molar-refractivity contribution in [2.24, 2.45) is 0 Å². The summed E-state index contributed by atoms with van der Waals surface area (Å²) in [6, 6.07) is 65.3. The van der Waals surface area contributed by atoms with Gasteiger partial charge in [-0.05, 0) is 84.3 Å². The van der Waals surface area contributed by atoms with Crippen molar-refractivity contribution in [3.63, 3.8) is 0 Å². The van der Waals surface area contributed by atoms with E-state index < -0.39 is 0 Å². The third kappa shape index (κ3) is 5.18. The summed E-state index contributed by atoms with van der Waals surface area (Å²) >= 11 is 0. The molecule has 2 heteroatoms. The van der Waals surface area contributed by atoms with E-state index in [1.807, 2.05) is 12.1 Å². The lowest BCUT2D eigenvalue weighted by Gasteiger charge is -2.25. The molecule has 0 unspecified atom stereocenters. The van der Waals surface area contributed by atoms with Gasteiger partial charge >= 0.3 is 0 Å². The maximum absolute atomic E-state index is 5.28. The normalized spacial score (nSPS) is 12.9. The number of hydrogen-bond acceptors (Lipinski definition) is 2. The first-order valence-electron chi connectivity index (χ1n) is 18.3. The third-order valence-electron chi connectivity index (χ3n) is 11.1. The predicted octanol–water partition coefficient (Wildman–Crippen LogP) is 13.4. The summed E-state index contributed by atoms with van der Waals surface area (Å²) in [6.45, 7) is 4.76. The van der Waals surface area contributed by atoms with Crippen LogP contribution >= 0.6 is 0 Å². The predicted molar refractivity (Wildman–Crippen MR) is 222 cm³/mol. The van der Waals surface area contributed by atoms with Crippen LogP contribution in [-0.4, -0.2) is 9.97 Å². The molecule has 53 heavy (non-hydrogen) atoms. The van der Waals surface area contributed by atoms with Gasteiger partial charge in [0.2, 0.25) is 0 Å². The van der Waals surface area contributed by atoms with Gasteiger partial charge in [-0.15, -0.1) is 0 Å². The van der Waals surface area contributed by atoms with Gasteiger partial charge in [-0.3, -0.25) is 0 Å². The minimum Gasteiger partial charge on any atom is -0.228 e. The molecule has 0 radical (unpaired) electrons. The smallest absolute Gasteiger partial charge is 0.160 e. The Balaban J connectivity index is 1.13. The van der Waals surface area contributed by atoms with E-state index in [9.17, 15) is 0 Å². The minimum atomic E-state index is -0.159. The minimum absolute atomic E-state index is 0.159. The highest BCUT2D eigenvalue weighted by Crippen LogP contribution is 2.54. The van der Waals surface area contributed by atoms with E-state index in [0.717, 1.165) is 28.1 Å². The lowest BCUT2D eigenvalue weighted by Crippen LogP contribution is -2.16. The molecule has 0 saturated carbocycles. The molecule has 1 aliphatic rings. The fourth-order valence-corrected chi connectivity index (χ4v) is 8.46. The van der Waals surface area contributed by atoms with E-state index >= 15 is 0 Å². The third-order valence-corrected chi connectivity index (χ3v) is 11.1. The Morgan fingerprint density at radius 1 is 0.358 bits per heavy atom. The van der Waals surface area contributed by atoms with Gasteiger partial charge in [-0.2, -0.15) is 0 Å². The van der Waals surface area contributed by atoms with Crippen LogP contribution in [-0.2, 0) is 5.41 Å². The summed E-state index contributed by atoms with van der Waals surface area (Å²) < 4.78 is 0. The molecule has 10 rings (SSSR count). The van der Waals surface area contributed by atoms with Gasteiger partial charge in [0.05, 0.1) is 11.4 Å². The van der Waals surface area contributed by atoms with Crippen molar-refractivity contribution in [3.8, 4) is 67.3 Å². The average molecular weight is 677 g/mol. The Morgan fingerprint density at radius 2 is 0.887 bits per heavy atom. The number of aromatic nitrogens is 2. The maximum Gasteiger partial charge on any atom is 0.160 e. The highest BCUT2D eigenvalue weighted by Gasteiger charge is 2.38.